The van der Waals surface area contributed by atoms with Gasteiger partial charge in [-0.1, -0.05) is 69.1 Å². The van der Waals surface area contributed by atoms with E-state index in [0.29, 0.717) is 0 Å². The molecule has 0 bridgehead atoms. The van der Waals surface area contributed by atoms with Gasteiger partial charge in [-0.15, -0.1) is 0 Å². The van der Waals surface area contributed by atoms with Gasteiger partial charge in [-0.3, -0.25) is 0 Å². The molecule has 0 aliphatic carbocycles. The third-order valence-corrected chi connectivity index (χ3v) is 4.27. The first-order chi connectivity index (χ1) is 9.22. The standard InChI is InChI=1S/C16H17Br2N/c1-2-11-19-16(12-7-9-13(17)10-8-12)14-5-3-4-6-15(14)18/h3-10,16,19H,2,11H2,1H3. The van der Waals surface area contributed by atoms with E-state index in [-0.39, 0.29) is 6.04 Å². The number of benzene rings is 2. The van der Waals surface area contributed by atoms with E-state index < -0.39 is 0 Å². The molecule has 3 heteroatoms. The molecule has 2 aromatic carbocycles. The van der Waals surface area contributed by atoms with E-state index in [1.807, 2.05) is 6.07 Å². The Morgan fingerprint density at radius 2 is 1.68 bits per heavy atom. The fourth-order valence-electron chi connectivity index (χ4n) is 2.06. The number of hydrogen-bond acceptors (Lipinski definition) is 1. The average Bonchev–Trinajstić information content (AvgIpc) is 2.43. The molecule has 0 aliphatic heterocycles. The van der Waals surface area contributed by atoms with Gasteiger partial charge in [0.1, 0.15) is 0 Å². The molecule has 0 fully saturated rings. The van der Waals surface area contributed by atoms with Gasteiger partial charge in [0.05, 0.1) is 6.04 Å². The van der Waals surface area contributed by atoms with Crippen LogP contribution in [0.2, 0.25) is 0 Å². The third kappa shape index (κ3) is 3.91. The Morgan fingerprint density at radius 3 is 2.32 bits per heavy atom. The second-order valence-electron chi connectivity index (χ2n) is 4.46. The monoisotopic (exact) mass is 381 g/mol. The predicted octanol–water partition coefficient (Wildman–Crippen LogP) is 5.30. The Hall–Kier alpha value is -0.640. The van der Waals surface area contributed by atoms with Crippen LogP contribution in [0.15, 0.2) is 57.5 Å². The molecule has 2 aromatic rings. The highest BCUT2D eigenvalue weighted by Gasteiger charge is 2.15. The van der Waals surface area contributed by atoms with Crippen molar-refractivity contribution in [2.75, 3.05) is 6.54 Å². The smallest absolute Gasteiger partial charge is 0.0587 e. The van der Waals surface area contributed by atoms with E-state index in [1.54, 1.807) is 0 Å². The van der Waals surface area contributed by atoms with E-state index in [0.717, 1.165) is 21.9 Å². The van der Waals surface area contributed by atoms with Gasteiger partial charge in [0.25, 0.3) is 0 Å². The molecule has 19 heavy (non-hydrogen) atoms. The van der Waals surface area contributed by atoms with Crippen LogP contribution in [0.3, 0.4) is 0 Å². The molecule has 0 aromatic heterocycles. The summed E-state index contributed by atoms with van der Waals surface area (Å²) in [6.45, 7) is 3.19. The molecule has 0 saturated heterocycles. The summed E-state index contributed by atoms with van der Waals surface area (Å²) in [6, 6.07) is 17.1. The van der Waals surface area contributed by atoms with Gasteiger partial charge in [0.2, 0.25) is 0 Å². The Balaban J connectivity index is 2.35. The quantitative estimate of drug-likeness (QED) is 0.739. The van der Waals surface area contributed by atoms with Crippen molar-refractivity contribution in [1.82, 2.24) is 5.32 Å². The molecule has 0 radical (unpaired) electrons. The van der Waals surface area contributed by atoms with Crippen LogP contribution in [-0.2, 0) is 0 Å². The van der Waals surface area contributed by atoms with Gasteiger partial charge in [-0.05, 0) is 42.3 Å². The molecule has 2 rings (SSSR count). The second kappa shape index (κ2) is 7.22. The second-order valence-corrected chi connectivity index (χ2v) is 6.23. The largest absolute Gasteiger partial charge is 0.306 e. The van der Waals surface area contributed by atoms with Gasteiger partial charge in [-0.2, -0.15) is 0 Å². The number of rotatable bonds is 5. The average molecular weight is 383 g/mol. The van der Waals surface area contributed by atoms with Crippen LogP contribution in [0.4, 0.5) is 0 Å². The summed E-state index contributed by atoms with van der Waals surface area (Å²) in [7, 11) is 0. The van der Waals surface area contributed by atoms with Crippen molar-refractivity contribution < 1.29 is 0 Å². The minimum Gasteiger partial charge on any atom is -0.306 e. The fourth-order valence-corrected chi connectivity index (χ4v) is 2.84. The predicted molar refractivity (Wildman–Crippen MR) is 88.4 cm³/mol. The van der Waals surface area contributed by atoms with Gasteiger partial charge < -0.3 is 5.32 Å². The molecular formula is C16H17Br2N. The normalized spacial score (nSPS) is 12.4. The summed E-state index contributed by atoms with van der Waals surface area (Å²) in [5, 5.41) is 3.62. The van der Waals surface area contributed by atoms with Crippen molar-refractivity contribution in [3.8, 4) is 0 Å². The fraction of sp³-hybridized carbons (Fsp3) is 0.250. The Kier molecular flexibility index (Phi) is 5.61. The summed E-state index contributed by atoms with van der Waals surface area (Å²) in [4.78, 5) is 0. The summed E-state index contributed by atoms with van der Waals surface area (Å²) in [5.41, 5.74) is 2.56. The Morgan fingerprint density at radius 1 is 1.00 bits per heavy atom. The molecule has 0 amide bonds. The SMILES string of the molecule is CCCNC(c1ccc(Br)cc1)c1ccccc1Br. The van der Waals surface area contributed by atoms with Crippen LogP contribution >= 0.6 is 31.9 Å². The lowest BCUT2D eigenvalue weighted by molar-refractivity contribution is 0.597. The maximum Gasteiger partial charge on any atom is 0.0587 e. The van der Waals surface area contributed by atoms with Crippen LogP contribution in [0, 0.1) is 0 Å². The Labute approximate surface area is 131 Å². The van der Waals surface area contributed by atoms with Gasteiger partial charge >= 0.3 is 0 Å². The molecule has 0 saturated carbocycles. The van der Waals surface area contributed by atoms with Gasteiger partial charge in [0, 0.05) is 8.95 Å². The van der Waals surface area contributed by atoms with E-state index >= 15 is 0 Å². The van der Waals surface area contributed by atoms with E-state index in [4.69, 9.17) is 0 Å². The van der Waals surface area contributed by atoms with Crippen molar-refractivity contribution in [1.29, 1.82) is 0 Å². The van der Waals surface area contributed by atoms with Crippen molar-refractivity contribution in [2.45, 2.75) is 19.4 Å². The highest BCUT2D eigenvalue weighted by Crippen LogP contribution is 2.29. The van der Waals surface area contributed by atoms with Crippen molar-refractivity contribution in [3.63, 3.8) is 0 Å². The van der Waals surface area contributed by atoms with Crippen molar-refractivity contribution in [2.24, 2.45) is 0 Å². The summed E-state index contributed by atoms with van der Waals surface area (Å²) >= 11 is 7.14. The van der Waals surface area contributed by atoms with Crippen molar-refractivity contribution in [3.05, 3.63) is 68.6 Å². The summed E-state index contributed by atoms with van der Waals surface area (Å²) < 4.78 is 2.25. The van der Waals surface area contributed by atoms with Crippen LogP contribution in [0.5, 0.6) is 0 Å². The zero-order valence-electron chi connectivity index (χ0n) is 10.9. The minimum atomic E-state index is 0.226. The summed E-state index contributed by atoms with van der Waals surface area (Å²) in [5.74, 6) is 0. The van der Waals surface area contributed by atoms with Gasteiger partial charge in [-0.25, -0.2) is 0 Å². The maximum absolute atomic E-state index is 3.65. The molecule has 1 nitrogen and oxygen atoms in total. The lowest BCUT2D eigenvalue weighted by atomic mass is 9.98. The molecule has 1 unspecified atom stereocenters. The topological polar surface area (TPSA) is 12.0 Å². The lowest BCUT2D eigenvalue weighted by Crippen LogP contribution is -2.23. The lowest BCUT2D eigenvalue weighted by Gasteiger charge is -2.21. The molecule has 0 spiro atoms. The van der Waals surface area contributed by atoms with Crippen molar-refractivity contribution >= 4 is 31.9 Å². The number of halogens is 2. The van der Waals surface area contributed by atoms with E-state index in [1.165, 1.54) is 11.1 Å². The van der Waals surface area contributed by atoms with Crippen LogP contribution < -0.4 is 5.32 Å². The molecular weight excluding hydrogens is 366 g/mol. The van der Waals surface area contributed by atoms with Crippen LogP contribution in [0.1, 0.15) is 30.5 Å². The van der Waals surface area contributed by atoms with Gasteiger partial charge in [0.15, 0.2) is 0 Å². The van der Waals surface area contributed by atoms with Crippen LogP contribution in [-0.4, -0.2) is 6.54 Å². The van der Waals surface area contributed by atoms with E-state index in [2.05, 4.69) is 86.6 Å². The molecule has 1 N–H and O–H groups in total. The van der Waals surface area contributed by atoms with E-state index in [9.17, 15) is 0 Å². The highest BCUT2D eigenvalue weighted by molar-refractivity contribution is 9.10. The summed E-state index contributed by atoms with van der Waals surface area (Å²) in [6.07, 6.45) is 1.12. The Bertz CT molecular complexity index is 523. The van der Waals surface area contributed by atoms with Crippen LogP contribution in [0.25, 0.3) is 0 Å². The third-order valence-electron chi connectivity index (χ3n) is 3.02. The number of nitrogens with one attached hydrogen (secondary N) is 1. The molecule has 0 aliphatic rings. The maximum atomic E-state index is 3.65. The minimum absolute atomic E-state index is 0.226. The zero-order chi connectivity index (χ0) is 13.7. The molecule has 1 atom stereocenters. The zero-order valence-corrected chi connectivity index (χ0v) is 14.0. The first kappa shape index (κ1) is 14.8. The molecule has 100 valence electrons. The first-order valence-corrected chi connectivity index (χ1v) is 8.04. The number of hydrogen-bond donors (Lipinski definition) is 1. The molecule has 0 heterocycles. The first-order valence-electron chi connectivity index (χ1n) is 6.45. The highest BCUT2D eigenvalue weighted by atomic mass is 79.9.